The smallest absolute Gasteiger partial charge is 0.0390 e. The fraction of sp³-hybridized carbons (Fsp3) is 0.385. The zero-order valence-corrected chi connectivity index (χ0v) is 9.68. The van der Waals surface area contributed by atoms with Crippen molar-refractivity contribution >= 4 is 21.4 Å². The van der Waals surface area contributed by atoms with E-state index in [4.69, 9.17) is 0 Å². The molecule has 0 bridgehead atoms. The van der Waals surface area contributed by atoms with E-state index >= 15 is 0 Å². The van der Waals surface area contributed by atoms with Crippen LogP contribution in [-0.4, -0.2) is 6.04 Å². The van der Waals surface area contributed by atoms with Gasteiger partial charge in [0.05, 0.1) is 0 Å². The first-order valence-electron chi connectivity index (χ1n) is 5.57. The van der Waals surface area contributed by atoms with Gasteiger partial charge in [-0.25, -0.2) is 0 Å². The third-order valence-corrected chi connectivity index (χ3v) is 4.02. The van der Waals surface area contributed by atoms with Crippen molar-refractivity contribution in [2.75, 3.05) is 0 Å². The second-order valence-electron chi connectivity index (χ2n) is 4.35. The Morgan fingerprint density at radius 3 is 3.00 bits per heavy atom. The standard InChI is InChI=1S/C13H15NS/c1-9(14-11-5-6-11)12-4-2-3-10-7-8-15-13(10)12/h2-4,7-9,11,14H,5-6H2,1H3. The molecule has 1 aromatic carbocycles. The zero-order valence-electron chi connectivity index (χ0n) is 8.86. The van der Waals surface area contributed by atoms with Crippen molar-refractivity contribution in [1.29, 1.82) is 0 Å². The van der Waals surface area contributed by atoms with Gasteiger partial charge < -0.3 is 5.32 Å². The molecule has 1 unspecified atom stereocenters. The van der Waals surface area contributed by atoms with Crippen LogP contribution >= 0.6 is 11.3 Å². The number of hydrogen-bond acceptors (Lipinski definition) is 2. The molecule has 0 saturated heterocycles. The molecule has 0 spiro atoms. The number of rotatable bonds is 3. The van der Waals surface area contributed by atoms with Gasteiger partial charge in [0.15, 0.2) is 0 Å². The lowest BCUT2D eigenvalue weighted by Crippen LogP contribution is -2.20. The van der Waals surface area contributed by atoms with E-state index in [0.717, 1.165) is 6.04 Å². The lowest BCUT2D eigenvalue weighted by Gasteiger charge is -2.14. The summed E-state index contributed by atoms with van der Waals surface area (Å²) in [5, 5.41) is 7.21. The van der Waals surface area contributed by atoms with Crippen LogP contribution in [-0.2, 0) is 0 Å². The summed E-state index contributed by atoms with van der Waals surface area (Å²) >= 11 is 1.85. The van der Waals surface area contributed by atoms with Crippen LogP contribution < -0.4 is 5.32 Å². The van der Waals surface area contributed by atoms with E-state index in [-0.39, 0.29) is 0 Å². The third-order valence-electron chi connectivity index (χ3n) is 3.04. The molecular weight excluding hydrogens is 202 g/mol. The van der Waals surface area contributed by atoms with Crippen molar-refractivity contribution in [1.82, 2.24) is 5.32 Å². The monoisotopic (exact) mass is 217 g/mol. The van der Waals surface area contributed by atoms with Crippen molar-refractivity contribution in [2.24, 2.45) is 0 Å². The molecule has 1 nitrogen and oxygen atoms in total. The predicted molar refractivity (Wildman–Crippen MR) is 66.4 cm³/mol. The molecule has 1 aliphatic carbocycles. The van der Waals surface area contributed by atoms with Crippen LogP contribution in [0.15, 0.2) is 29.6 Å². The summed E-state index contributed by atoms with van der Waals surface area (Å²) in [6, 6.07) is 10.1. The topological polar surface area (TPSA) is 12.0 Å². The fourth-order valence-electron chi connectivity index (χ4n) is 2.05. The highest BCUT2D eigenvalue weighted by molar-refractivity contribution is 7.17. The first kappa shape index (κ1) is 9.37. The summed E-state index contributed by atoms with van der Waals surface area (Å²) in [6.07, 6.45) is 2.70. The van der Waals surface area contributed by atoms with Gasteiger partial charge >= 0.3 is 0 Å². The van der Waals surface area contributed by atoms with E-state index in [1.54, 1.807) is 0 Å². The van der Waals surface area contributed by atoms with Gasteiger partial charge in [-0.3, -0.25) is 0 Å². The Morgan fingerprint density at radius 1 is 1.33 bits per heavy atom. The van der Waals surface area contributed by atoms with E-state index in [2.05, 4.69) is 41.9 Å². The highest BCUT2D eigenvalue weighted by Crippen LogP contribution is 2.31. The number of thiophene rings is 1. The lowest BCUT2D eigenvalue weighted by atomic mass is 10.1. The van der Waals surface area contributed by atoms with E-state index < -0.39 is 0 Å². The quantitative estimate of drug-likeness (QED) is 0.826. The van der Waals surface area contributed by atoms with Crippen LogP contribution in [0.1, 0.15) is 31.4 Å². The minimum absolute atomic E-state index is 0.486. The van der Waals surface area contributed by atoms with Gasteiger partial charge in [-0.15, -0.1) is 11.3 Å². The molecule has 78 valence electrons. The number of nitrogens with one attached hydrogen (secondary N) is 1. The van der Waals surface area contributed by atoms with Gasteiger partial charge in [0.25, 0.3) is 0 Å². The Hall–Kier alpha value is -0.860. The van der Waals surface area contributed by atoms with Crippen LogP contribution in [0.2, 0.25) is 0 Å². The molecule has 1 fully saturated rings. The summed E-state index contributed by atoms with van der Waals surface area (Å²) in [6.45, 7) is 2.27. The fourth-order valence-corrected chi connectivity index (χ4v) is 3.05. The Balaban J connectivity index is 1.97. The molecule has 1 aromatic heterocycles. The summed E-state index contributed by atoms with van der Waals surface area (Å²) in [7, 11) is 0. The van der Waals surface area contributed by atoms with Gasteiger partial charge in [-0.05, 0) is 42.2 Å². The number of fused-ring (bicyclic) bond motifs is 1. The first-order chi connectivity index (χ1) is 7.34. The molecule has 3 rings (SSSR count). The van der Waals surface area contributed by atoms with Crippen LogP contribution in [0.4, 0.5) is 0 Å². The van der Waals surface area contributed by atoms with Gasteiger partial charge in [0.2, 0.25) is 0 Å². The third kappa shape index (κ3) is 1.80. The van der Waals surface area contributed by atoms with Crippen molar-refractivity contribution in [3.05, 3.63) is 35.2 Å². The summed E-state index contributed by atoms with van der Waals surface area (Å²) in [5.74, 6) is 0. The first-order valence-corrected chi connectivity index (χ1v) is 6.45. The normalized spacial score (nSPS) is 18.2. The van der Waals surface area contributed by atoms with E-state index in [1.807, 2.05) is 11.3 Å². The van der Waals surface area contributed by atoms with Gasteiger partial charge in [0.1, 0.15) is 0 Å². The van der Waals surface area contributed by atoms with Crippen LogP contribution in [0.25, 0.3) is 10.1 Å². The second-order valence-corrected chi connectivity index (χ2v) is 5.26. The van der Waals surface area contributed by atoms with Gasteiger partial charge in [-0.1, -0.05) is 18.2 Å². The van der Waals surface area contributed by atoms with E-state index in [1.165, 1.54) is 28.5 Å². The average Bonchev–Trinajstić information content (AvgIpc) is 2.93. The van der Waals surface area contributed by atoms with Crippen molar-refractivity contribution in [3.63, 3.8) is 0 Å². The number of hydrogen-bond donors (Lipinski definition) is 1. The minimum Gasteiger partial charge on any atom is -0.307 e. The van der Waals surface area contributed by atoms with Crippen molar-refractivity contribution in [2.45, 2.75) is 31.8 Å². The molecular formula is C13H15NS. The zero-order chi connectivity index (χ0) is 10.3. The summed E-state index contributed by atoms with van der Waals surface area (Å²) in [5.41, 5.74) is 1.45. The Labute approximate surface area is 94.1 Å². The highest BCUT2D eigenvalue weighted by atomic mass is 32.1. The summed E-state index contributed by atoms with van der Waals surface area (Å²) in [4.78, 5) is 0. The SMILES string of the molecule is CC(NC1CC1)c1cccc2ccsc12. The molecule has 15 heavy (non-hydrogen) atoms. The Kier molecular flexibility index (Phi) is 2.26. The lowest BCUT2D eigenvalue weighted by molar-refractivity contribution is 0.575. The Bertz CT molecular complexity index is 470. The molecule has 0 aliphatic heterocycles. The molecule has 1 aliphatic rings. The maximum Gasteiger partial charge on any atom is 0.0390 e. The van der Waals surface area contributed by atoms with Crippen molar-refractivity contribution in [3.8, 4) is 0 Å². The van der Waals surface area contributed by atoms with Crippen LogP contribution in [0.3, 0.4) is 0 Å². The predicted octanol–water partition coefficient (Wildman–Crippen LogP) is 3.71. The van der Waals surface area contributed by atoms with Crippen LogP contribution in [0, 0.1) is 0 Å². The molecule has 2 aromatic rings. The van der Waals surface area contributed by atoms with E-state index in [9.17, 15) is 0 Å². The molecule has 1 atom stereocenters. The second kappa shape index (κ2) is 3.62. The largest absolute Gasteiger partial charge is 0.307 e. The maximum atomic E-state index is 3.66. The average molecular weight is 217 g/mol. The molecule has 0 amide bonds. The maximum absolute atomic E-state index is 3.66. The Morgan fingerprint density at radius 2 is 2.20 bits per heavy atom. The number of benzene rings is 1. The van der Waals surface area contributed by atoms with Crippen molar-refractivity contribution < 1.29 is 0 Å². The minimum atomic E-state index is 0.486. The van der Waals surface area contributed by atoms with Crippen LogP contribution in [0.5, 0.6) is 0 Å². The molecule has 1 N–H and O–H groups in total. The van der Waals surface area contributed by atoms with E-state index in [0.29, 0.717) is 6.04 Å². The molecule has 2 heteroatoms. The molecule has 1 saturated carbocycles. The molecule has 0 radical (unpaired) electrons. The van der Waals surface area contributed by atoms with Gasteiger partial charge in [0, 0.05) is 16.8 Å². The summed E-state index contributed by atoms with van der Waals surface area (Å²) < 4.78 is 1.44. The highest BCUT2D eigenvalue weighted by Gasteiger charge is 2.23. The van der Waals surface area contributed by atoms with Gasteiger partial charge in [-0.2, -0.15) is 0 Å². The molecule has 1 heterocycles.